The molecule has 0 radical (unpaired) electrons. The second kappa shape index (κ2) is 14.8. The van der Waals surface area contributed by atoms with Gasteiger partial charge in [0.15, 0.2) is 11.5 Å². The molecule has 3 atom stereocenters. The zero-order chi connectivity index (χ0) is 29.4. The number of aliphatic hydroxyl groups excluding tert-OH is 3. The Morgan fingerprint density at radius 1 is 1.20 bits per heavy atom. The van der Waals surface area contributed by atoms with E-state index in [2.05, 4.69) is 5.32 Å². The third-order valence-electron chi connectivity index (χ3n) is 6.65. The summed E-state index contributed by atoms with van der Waals surface area (Å²) in [5, 5.41) is 33.0. The van der Waals surface area contributed by atoms with Crippen molar-refractivity contribution in [3.8, 4) is 11.5 Å². The standard InChI is InChI=1S/C29H36FIN2O7/c1-17(2)29(38)33(9-7-18-5-4-6-21(30)11-18)23-14-20(28(37)32-8-10-34)15-24(26(23)36)40-27-22(31)12-19(16-35)13-25(27)39-3/h4-6,11-13,15,17,23-24,26,34-36H,7-10,14,16H2,1-3H3,(H,32,37)/t23-,24+,26+/m1/s1. The monoisotopic (exact) mass is 670 g/mol. The number of nitrogens with zero attached hydrogens (tertiary/aromatic N) is 1. The van der Waals surface area contributed by atoms with Gasteiger partial charge in [-0.05, 0) is 70.5 Å². The molecule has 0 aromatic heterocycles. The molecular formula is C29H36FIN2O7. The van der Waals surface area contributed by atoms with Crippen molar-refractivity contribution in [1.29, 1.82) is 0 Å². The van der Waals surface area contributed by atoms with E-state index in [1.165, 1.54) is 25.3 Å². The lowest BCUT2D eigenvalue weighted by atomic mass is 9.87. The molecule has 1 aliphatic rings. The molecule has 0 spiro atoms. The summed E-state index contributed by atoms with van der Waals surface area (Å²) >= 11 is 2.04. The van der Waals surface area contributed by atoms with Gasteiger partial charge in [-0.25, -0.2) is 4.39 Å². The number of aliphatic hydroxyl groups is 3. The predicted molar refractivity (Wildman–Crippen MR) is 155 cm³/mol. The van der Waals surface area contributed by atoms with Crippen molar-refractivity contribution in [3.05, 3.63) is 68.6 Å². The van der Waals surface area contributed by atoms with Gasteiger partial charge in [-0.3, -0.25) is 9.59 Å². The van der Waals surface area contributed by atoms with Gasteiger partial charge in [-0.2, -0.15) is 0 Å². The molecule has 2 aromatic carbocycles. The highest BCUT2D eigenvalue weighted by molar-refractivity contribution is 14.1. The van der Waals surface area contributed by atoms with Gasteiger partial charge in [-0.1, -0.05) is 26.0 Å². The van der Waals surface area contributed by atoms with Gasteiger partial charge < -0.3 is 35.0 Å². The quantitative estimate of drug-likeness (QED) is 0.256. The highest BCUT2D eigenvalue weighted by atomic mass is 127. The molecule has 218 valence electrons. The van der Waals surface area contributed by atoms with Crippen molar-refractivity contribution in [2.45, 2.75) is 51.5 Å². The van der Waals surface area contributed by atoms with E-state index in [0.717, 1.165) is 0 Å². The Kier molecular flexibility index (Phi) is 11.7. The molecule has 11 heteroatoms. The molecule has 0 bridgehead atoms. The van der Waals surface area contributed by atoms with Crippen LogP contribution in [0.2, 0.25) is 0 Å². The highest BCUT2D eigenvalue weighted by Gasteiger charge is 2.41. The van der Waals surface area contributed by atoms with Crippen LogP contribution in [-0.4, -0.2) is 77.1 Å². The molecule has 1 aliphatic carbocycles. The number of benzene rings is 2. The Bertz CT molecular complexity index is 1220. The van der Waals surface area contributed by atoms with Crippen molar-refractivity contribution in [1.82, 2.24) is 10.2 Å². The summed E-state index contributed by atoms with van der Waals surface area (Å²) in [7, 11) is 1.46. The van der Waals surface area contributed by atoms with Gasteiger partial charge in [0, 0.05) is 31.0 Å². The maximum absolute atomic E-state index is 13.8. The Labute approximate surface area is 247 Å². The van der Waals surface area contributed by atoms with E-state index in [1.807, 2.05) is 22.6 Å². The number of carbonyl (C=O) groups is 2. The van der Waals surface area contributed by atoms with E-state index in [1.54, 1.807) is 43.0 Å². The average molecular weight is 671 g/mol. The van der Waals surface area contributed by atoms with Crippen molar-refractivity contribution in [2.75, 3.05) is 26.8 Å². The molecule has 2 amide bonds. The molecular weight excluding hydrogens is 634 g/mol. The van der Waals surface area contributed by atoms with Crippen LogP contribution in [0.25, 0.3) is 0 Å². The number of halogens is 2. The number of ether oxygens (including phenoxy) is 2. The van der Waals surface area contributed by atoms with E-state index < -0.39 is 30.1 Å². The molecule has 4 N–H and O–H groups in total. The lowest BCUT2D eigenvalue weighted by Gasteiger charge is -2.41. The predicted octanol–water partition coefficient (Wildman–Crippen LogP) is 2.57. The summed E-state index contributed by atoms with van der Waals surface area (Å²) in [5.74, 6) is -0.797. The van der Waals surface area contributed by atoms with Crippen LogP contribution in [0, 0.1) is 15.3 Å². The van der Waals surface area contributed by atoms with Gasteiger partial charge >= 0.3 is 0 Å². The highest BCUT2D eigenvalue weighted by Crippen LogP contribution is 2.37. The Morgan fingerprint density at radius 2 is 1.95 bits per heavy atom. The van der Waals surface area contributed by atoms with Crippen LogP contribution in [0.15, 0.2) is 48.0 Å². The average Bonchev–Trinajstić information content (AvgIpc) is 2.93. The number of methoxy groups -OCH3 is 1. The minimum absolute atomic E-state index is 0.0392. The summed E-state index contributed by atoms with van der Waals surface area (Å²) < 4.78 is 26.1. The lowest BCUT2D eigenvalue weighted by Crippen LogP contribution is -2.56. The van der Waals surface area contributed by atoms with Gasteiger partial charge in [0.05, 0.1) is 29.9 Å². The zero-order valence-electron chi connectivity index (χ0n) is 22.8. The van der Waals surface area contributed by atoms with Gasteiger partial charge in [-0.15, -0.1) is 0 Å². The summed E-state index contributed by atoms with van der Waals surface area (Å²) in [6, 6.07) is 8.63. The number of rotatable bonds is 12. The minimum atomic E-state index is -1.22. The smallest absolute Gasteiger partial charge is 0.247 e. The van der Waals surface area contributed by atoms with Gasteiger partial charge in [0.25, 0.3) is 0 Å². The molecule has 9 nitrogen and oxygen atoms in total. The van der Waals surface area contributed by atoms with Crippen LogP contribution in [0.1, 0.15) is 31.4 Å². The largest absolute Gasteiger partial charge is 0.493 e. The van der Waals surface area contributed by atoms with Crippen molar-refractivity contribution < 1.29 is 38.8 Å². The fourth-order valence-corrected chi connectivity index (χ4v) is 5.40. The molecule has 0 unspecified atom stereocenters. The minimum Gasteiger partial charge on any atom is -0.493 e. The fourth-order valence-electron chi connectivity index (χ4n) is 4.61. The maximum atomic E-state index is 13.8. The number of nitrogens with one attached hydrogen (secondary N) is 1. The van der Waals surface area contributed by atoms with Crippen molar-refractivity contribution >= 4 is 34.4 Å². The lowest BCUT2D eigenvalue weighted by molar-refractivity contribution is -0.141. The van der Waals surface area contributed by atoms with Crippen LogP contribution < -0.4 is 14.8 Å². The van der Waals surface area contributed by atoms with Crippen LogP contribution >= 0.6 is 22.6 Å². The van der Waals surface area contributed by atoms with Crippen molar-refractivity contribution in [2.24, 2.45) is 5.92 Å². The first-order chi connectivity index (χ1) is 19.1. The maximum Gasteiger partial charge on any atom is 0.247 e. The third kappa shape index (κ3) is 7.93. The topological polar surface area (TPSA) is 129 Å². The molecule has 0 aliphatic heterocycles. The summed E-state index contributed by atoms with van der Waals surface area (Å²) in [4.78, 5) is 28.0. The summed E-state index contributed by atoms with van der Waals surface area (Å²) in [6.45, 7) is 3.28. The van der Waals surface area contributed by atoms with Crippen LogP contribution in [0.3, 0.4) is 0 Å². The number of amides is 2. The third-order valence-corrected chi connectivity index (χ3v) is 7.45. The molecule has 0 heterocycles. The SMILES string of the molecule is COc1cc(CO)cc(I)c1O[C@H]1C=C(C(=O)NCCO)C[C@@H](N(CCc2cccc(F)c2)C(=O)C(C)C)[C@@H]1O. The van der Waals surface area contributed by atoms with Crippen LogP contribution in [-0.2, 0) is 22.6 Å². The first-order valence-electron chi connectivity index (χ1n) is 13.1. The first kappa shape index (κ1) is 31.8. The van der Waals surface area contributed by atoms with E-state index in [0.29, 0.717) is 38.2 Å². The Morgan fingerprint density at radius 3 is 2.58 bits per heavy atom. The van der Waals surface area contributed by atoms with Crippen LogP contribution in [0.5, 0.6) is 11.5 Å². The molecule has 40 heavy (non-hydrogen) atoms. The van der Waals surface area contributed by atoms with E-state index in [9.17, 15) is 29.3 Å². The summed E-state index contributed by atoms with van der Waals surface area (Å²) in [6.07, 6.45) is -0.337. The van der Waals surface area contributed by atoms with E-state index >= 15 is 0 Å². The Hall–Kier alpha value is -2.74. The van der Waals surface area contributed by atoms with Crippen LogP contribution in [0.4, 0.5) is 4.39 Å². The molecule has 0 saturated carbocycles. The molecule has 0 fully saturated rings. The summed E-state index contributed by atoms with van der Waals surface area (Å²) in [5.41, 5.74) is 1.60. The molecule has 3 rings (SSSR count). The van der Waals surface area contributed by atoms with E-state index in [4.69, 9.17) is 9.47 Å². The second-order valence-corrected chi connectivity index (χ2v) is 11.0. The molecule has 0 saturated heterocycles. The van der Waals surface area contributed by atoms with Gasteiger partial charge in [0.2, 0.25) is 11.8 Å². The number of carbonyl (C=O) groups excluding carboxylic acids is 2. The second-order valence-electron chi connectivity index (χ2n) is 9.85. The normalized spacial score (nSPS) is 18.7. The van der Waals surface area contributed by atoms with Crippen molar-refractivity contribution in [3.63, 3.8) is 0 Å². The van der Waals surface area contributed by atoms with Gasteiger partial charge in [0.1, 0.15) is 18.0 Å². The number of hydrogen-bond donors (Lipinski definition) is 4. The molecule has 2 aromatic rings. The zero-order valence-corrected chi connectivity index (χ0v) is 24.9. The Balaban J connectivity index is 2.00. The van der Waals surface area contributed by atoms with E-state index in [-0.39, 0.29) is 44.4 Å². The first-order valence-corrected chi connectivity index (χ1v) is 14.1. The number of hydrogen-bond acceptors (Lipinski definition) is 7. The fraction of sp³-hybridized carbons (Fsp3) is 0.448.